The topological polar surface area (TPSA) is 59.1 Å². The molecule has 0 spiro atoms. The van der Waals surface area contributed by atoms with E-state index in [1.165, 1.54) is 32.1 Å². The van der Waals surface area contributed by atoms with Gasteiger partial charge in [-0.3, -0.25) is 0 Å². The van der Waals surface area contributed by atoms with E-state index in [-0.39, 0.29) is 0 Å². The Kier molecular flexibility index (Phi) is 5.65. The van der Waals surface area contributed by atoms with Crippen molar-refractivity contribution < 1.29 is 4.74 Å². The number of aromatic nitrogens is 2. The van der Waals surface area contributed by atoms with Gasteiger partial charge in [0.2, 0.25) is 5.95 Å². The van der Waals surface area contributed by atoms with Crippen LogP contribution in [-0.2, 0) is 4.74 Å². The molecule has 138 valence electrons. The highest BCUT2D eigenvalue weighted by molar-refractivity contribution is 5.64. The maximum absolute atomic E-state index is 5.72. The number of nitrogens with one attached hydrogen (secondary N) is 2. The molecular formula is C21H28N4O. The third kappa shape index (κ3) is 4.52. The second-order valence-corrected chi connectivity index (χ2v) is 7.32. The van der Waals surface area contributed by atoms with Gasteiger partial charge in [-0.25, -0.2) is 4.98 Å². The van der Waals surface area contributed by atoms with Gasteiger partial charge in [-0.2, -0.15) is 4.98 Å². The molecule has 1 aliphatic heterocycles. The van der Waals surface area contributed by atoms with E-state index in [1.54, 1.807) is 0 Å². The van der Waals surface area contributed by atoms with Gasteiger partial charge in [0.15, 0.2) is 0 Å². The summed E-state index contributed by atoms with van der Waals surface area (Å²) in [6, 6.07) is 12.8. The summed E-state index contributed by atoms with van der Waals surface area (Å²) in [5, 5.41) is 7.02. The molecule has 2 fully saturated rings. The van der Waals surface area contributed by atoms with Crippen LogP contribution in [0.15, 0.2) is 36.4 Å². The number of ether oxygens (including phenoxy) is 1. The molecule has 26 heavy (non-hydrogen) atoms. The first-order valence-electron chi connectivity index (χ1n) is 9.93. The molecule has 1 atom stereocenters. The zero-order valence-electron chi connectivity index (χ0n) is 15.3. The minimum absolute atomic E-state index is 0.292. The van der Waals surface area contributed by atoms with Crippen molar-refractivity contribution >= 4 is 11.8 Å². The second-order valence-electron chi connectivity index (χ2n) is 7.32. The maximum Gasteiger partial charge on any atom is 0.225 e. The number of rotatable bonds is 6. The monoisotopic (exact) mass is 352 g/mol. The number of nitrogens with zero attached hydrogens (tertiary/aromatic N) is 2. The average Bonchev–Trinajstić information content (AvgIpc) is 3.21. The van der Waals surface area contributed by atoms with Crippen molar-refractivity contribution in [3.8, 4) is 11.3 Å². The van der Waals surface area contributed by atoms with Crippen molar-refractivity contribution in [2.45, 2.75) is 57.1 Å². The smallest absolute Gasteiger partial charge is 0.225 e. The van der Waals surface area contributed by atoms with E-state index in [9.17, 15) is 0 Å². The maximum atomic E-state index is 5.72. The van der Waals surface area contributed by atoms with E-state index < -0.39 is 0 Å². The Morgan fingerprint density at radius 3 is 2.58 bits per heavy atom. The quantitative estimate of drug-likeness (QED) is 0.803. The SMILES string of the molecule is c1ccc(-c2cc(NC[C@@H]3CCCO3)nc(NC3CCCCC3)n2)cc1. The van der Waals surface area contributed by atoms with Crippen molar-refractivity contribution in [2.24, 2.45) is 0 Å². The van der Waals surface area contributed by atoms with Gasteiger partial charge < -0.3 is 15.4 Å². The van der Waals surface area contributed by atoms with Gasteiger partial charge in [0.05, 0.1) is 11.8 Å². The van der Waals surface area contributed by atoms with E-state index in [4.69, 9.17) is 14.7 Å². The molecule has 5 nitrogen and oxygen atoms in total. The first kappa shape index (κ1) is 17.3. The van der Waals surface area contributed by atoms with Crippen LogP contribution in [0, 0.1) is 0 Å². The number of hydrogen-bond acceptors (Lipinski definition) is 5. The molecule has 1 aromatic carbocycles. The summed E-state index contributed by atoms with van der Waals surface area (Å²) in [5.74, 6) is 1.60. The lowest BCUT2D eigenvalue weighted by Gasteiger charge is -2.23. The Morgan fingerprint density at radius 2 is 1.81 bits per heavy atom. The van der Waals surface area contributed by atoms with Crippen LogP contribution in [0.4, 0.5) is 11.8 Å². The van der Waals surface area contributed by atoms with Gasteiger partial charge in [0.25, 0.3) is 0 Å². The lowest BCUT2D eigenvalue weighted by molar-refractivity contribution is 0.120. The first-order valence-corrected chi connectivity index (χ1v) is 9.93. The highest BCUT2D eigenvalue weighted by atomic mass is 16.5. The Hall–Kier alpha value is -2.14. The van der Waals surface area contributed by atoms with Crippen molar-refractivity contribution in [3.63, 3.8) is 0 Å². The summed E-state index contributed by atoms with van der Waals surface area (Å²) in [7, 11) is 0. The fraction of sp³-hybridized carbons (Fsp3) is 0.524. The van der Waals surface area contributed by atoms with Crippen molar-refractivity contribution in [2.75, 3.05) is 23.8 Å². The van der Waals surface area contributed by atoms with E-state index >= 15 is 0 Å². The van der Waals surface area contributed by atoms with Gasteiger partial charge in [-0.15, -0.1) is 0 Å². The van der Waals surface area contributed by atoms with Gasteiger partial charge in [-0.05, 0) is 25.7 Å². The lowest BCUT2D eigenvalue weighted by atomic mass is 9.96. The fourth-order valence-corrected chi connectivity index (χ4v) is 3.81. The van der Waals surface area contributed by atoms with Crippen LogP contribution in [0.2, 0.25) is 0 Å². The Morgan fingerprint density at radius 1 is 0.962 bits per heavy atom. The van der Waals surface area contributed by atoms with E-state index in [1.807, 2.05) is 24.3 Å². The molecular weight excluding hydrogens is 324 g/mol. The molecule has 2 aromatic rings. The van der Waals surface area contributed by atoms with Crippen molar-refractivity contribution in [1.29, 1.82) is 0 Å². The predicted octanol–water partition coefficient (Wildman–Crippen LogP) is 4.48. The fourth-order valence-electron chi connectivity index (χ4n) is 3.81. The number of anilines is 2. The predicted molar refractivity (Wildman–Crippen MR) is 105 cm³/mol. The van der Waals surface area contributed by atoms with Crippen LogP contribution in [0.3, 0.4) is 0 Å². The molecule has 4 rings (SSSR count). The third-order valence-electron chi connectivity index (χ3n) is 5.27. The molecule has 5 heteroatoms. The van der Waals surface area contributed by atoms with Gasteiger partial charge in [-0.1, -0.05) is 49.6 Å². The Labute approximate surface area is 155 Å². The molecule has 0 amide bonds. The van der Waals surface area contributed by atoms with Gasteiger partial charge in [0.1, 0.15) is 5.82 Å². The molecule has 0 unspecified atom stereocenters. The lowest BCUT2D eigenvalue weighted by Crippen LogP contribution is -2.24. The standard InChI is InChI=1S/C21H28N4O/c1-3-8-16(9-4-1)19-14-20(22-15-18-12-7-13-26-18)25-21(24-19)23-17-10-5-2-6-11-17/h1,3-4,8-9,14,17-18H,2,5-7,10-13,15H2,(H2,22,23,24,25)/t18-/m0/s1. The number of benzene rings is 1. The summed E-state index contributed by atoms with van der Waals surface area (Å²) in [6.07, 6.45) is 8.91. The molecule has 2 N–H and O–H groups in total. The molecule has 2 heterocycles. The van der Waals surface area contributed by atoms with Crippen LogP contribution in [-0.4, -0.2) is 35.3 Å². The molecule has 1 saturated carbocycles. The van der Waals surface area contributed by atoms with E-state index in [0.717, 1.165) is 49.0 Å². The zero-order valence-corrected chi connectivity index (χ0v) is 15.3. The molecule has 1 aliphatic carbocycles. The van der Waals surface area contributed by atoms with Crippen molar-refractivity contribution in [3.05, 3.63) is 36.4 Å². The summed E-state index contributed by atoms with van der Waals surface area (Å²) in [6.45, 7) is 1.67. The van der Waals surface area contributed by atoms with Gasteiger partial charge >= 0.3 is 0 Å². The summed E-state index contributed by atoms with van der Waals surface area (Å²) < 4.78 is 5.72. The third-order valence-corrected chi connectivity index (χ3v) is 5.27. The molecule has 0 bridgehead atoms. The van der Waals surface area contributed by atoms with Crippen LogP contribution >= 0.6 is 0 Å². The summed E-state index contributed by atoms with van der Waals surface area (Å²) in [4.78, 5) is 9.51. The average molecular weight is 352 g/mol. The van der Waals surface area contributed by atoms with Crippen LogP contribution in [0.5, 0.6) is 0 Å². The highest BCUT2D eigenvalue weighted by Crippen LogP contribution is 2.25. The van der Waals surface area contributed by atoms with Crippen LogP contribution < -0.4 is 10.6 Å². The molecule has 1 aromatic heterocycles. The van der Waals surface area contributed by atoms with Gasteiger partial charge in [0, 0.05) is 30.8 Å². The van der Waals surface area contributed by atoms with Crippen LogP contribution in [0.1, 0.15) is 44.9 Å². The van der Waals surface area contributed by atoms with Crippen LogP contribution in [0.25, 0.3) is 11.3 Å². The van der Waals surface area contributed by atoms with E-state index in [2.05, 4.69) is 22.8 Å². The normalized spacial score (nSPS) is 20.8. The molecule has 2 aliphatic rings. The summed E-state index contributed by atoms with van der Waals surface area (Å²) >= 11 is 0. The summed E-state index contributed by atoms with van der Waals surface area (Å²) in [5.41, 5.74) is 2.07. The zero-order chi connectivity index (χ0) is 17.6. The Balaban J connectivity index is 1.54. The number of hydrogen-bond donors (Lipinski definition) is 2. The molecule has 1 saturated heterocycles. The Bertz CT molecular complexity index is 694. The molecule has 0 radical (unpaired) electrons. The van der Waals surface area contributed by atoms with E-state index in [0.29, 0.717) is 12.1 Å². The largest absolute Gasteiger partial charge is 0.376 e. The first-order chi connectivity index (χ1) is 12.9. The second kappa shape index (κ2) is 8.49. The minimum Gasteiger partial charge on any atom is -0.376 e. The van der Waals surface area contributed by atoms with Crippen molar-refractivity contribution in [1.82, 2.24) is 9.97 Å². The minimum atomic E-state index is 0.292. The highest BCUT2D eigenvalue weighted by Gasteiger charge is 2.17.